The maximum atomic E-state index is 14.9. The molecular weight excluding hydrogens is 664 g/mol. The van der Waals surface area contributed by atoms with Gasteiger partial charge in [-0.2, -0.15) is 9.65 Å². The molecule has 5 rings (SSSR count). The summed E-state index contributed by atoms with van der Waals surface area (Å²) < 4.78 is 43.8. The summed E-state index contributed by atoms with van der Waals surface area (Å²) in [6.07, 6.45) is 4.14. The van der Waals surface area contributed by atoms with Crippen LogP contribution in [0.3, 0.4) is 0 Å². The van der Waals surface area contributed by atoms with Gasteiger partial charge >= 0.3 is 0 Å². The van der Waals surface area contributed by atoms with E-state index in [0.717, 1.165) is 12.3 Å². The van der Waals surface area contributed by atoms with Gasteiger partial charge in [-0.15, -0.1) is 5.10 Å². The molecule has 0 spiro atoms. The molecular formula is C25H15ClF3IN8S. The van der Waals surface area contributed by atoms with E-state index in [1.54, 1.807) is 41.2 Å². The lowest BCUT2D eigenvalue weighted by Gasteiger charge is -2.20. The Balaban J connectivity index is 1.62. The van der Waals surface area contributed by atoms with E-state index in [1.807, 2.05) is 6.07 Å². The summed E-state index contributed by atoms with van der Waals surface area (Å²) >= 11 is 8.73. The Morgan fingerprint density at radius 1 is 1.08 bits per heavy atom. The number of nitrogens with one attached hydrogen (secondary N) is 2. The van der Waals surface area contributed by atoms with Crippen molar-refractivity contribution < 1.29 is 13.2 Å². The van der Waals surface area contributed by atoms with Gasteiger partial charge in [0.15, 0.2) is 5.82 Å². The van der Waals surface area contributed by atoms with E-state index in [2.05, 4.69) is 52.1 Å². The summed E-state index contributed by atoms with van der Waals surface area (Å²) in [5.74, 6) is -2.29. The smallest absolute Gasteiger partial charge is 0.249 e. The minimum absolute atomic E-state index is 0.112. The molecule has 196 valence electrons. The number of halogens is 5. The van der Waals surface area contributed by atoms with E-state index in [1.165, 1.54) is 21.2 Å². The van der Waals surface area contributed by atoms with Crippen LogP contribution < -0.4 is 10.6 Å². The molecule has 14 heteroatoms. The molecule has 0 fully saturated rings. The Kier molecular flexibility index (Phi) is 8.05. The normalized spacial score (nSPS) is 11.8. The molecule has 3 heterocycles. The average molecular weight is 679 g/mol. The second kappa shape index (κ2) is 11.6. The highest BCUT2D eigenvalue weighted by Crippen LogP contribution is 2.37. The van der Waals surface area contributed by atoms with Crippen LogP contribution >= 0.6 is 41.7 Å². The van der Waals surface area contributed by atoms with Crippen LogP contribution in [0.2, 0.25) is 5.02 Å². The fraction of sp³-hybridized carbons (Fsp3) is 0.0800. The first-order valence-electron chi connectivity index (χ1n) is 11.1. The second-order valence-electron chi connectivity index (χ2n) is 8.15. The number of benzene rings is 2. The largest absolute Gasteiger partial charge is 0.373 e. The van der Waals surface area contributed by atoms with Gasteiger partial charge in [0.05, 0.1) is 45.7 Å². The van der Waals surface area contributed by atoms with Crippen LogP contribution in [0, 0.1) is 28.9 Å². The Bertz CT molecular complexity index is 1730. The van der Waals surface area contributed by atoms with Gasteiger partial charge in [0, 0.05) is 28.9 Å². The maximum absolute atomic E-state index is 14.9. The summed E-state index contributed by atoms with van der Waals surface area (Å²) in [5, 5.41) is 24.9. The lowest BCUT2D eigenvalue weighted by Crippen LogP contribution is -2.15. The zero-order valence-electron chi connectivity index (χ0n) is 19.5. The van der Waals surface area contributed by atoms with Gasteiger partial charge in [-0.05, 0) is 39.4 Å². The zero-order valence-corrected chi connectivity index (χ0v) is 23.3. The third-order valence-electron chi connectivity index (χ3n) is 5.67. The fourth-order valence-corrected chi connectivity index (χ4v) is 5.29. The van der Waals surface area contributed by atoms with Crippen molar-refractivity contribution in [2.24, 2.45) is 0 Å². The van der Waals surface area contributed by atoms with Crippen LogP contribution in [0.5, 0.6) is 0 Å². The van der Waals surface area contributed by atoms with Gasteiger partial charge in [-0.25, -0.2) is 18.4 Å². The highest BCUT2D eigenvalue weighted by Gasteiger charge is 2.23. The van der Waals surface area contributed by atoms with Crippen LogP contribution in [0.15, 0.2) is 61.1 Å². The minimum Gasteiger partial charge on any atom is -0.373 e. The summed E-state index contributed by atoms with van der Waals surface area (Å²) in [6.45, 7) is 0. The van der Waals surface area contributed by atoms with Crippen LogP contribution in [-0.2, 0) is 5.88 Å². The third-order valence-corrected chi connectivity index (χ3v) is 7.16. The predicted molar refractivity (Wildman–Crippen MR) is 152 cm³/mol. The monoisotopic (exact) mass is 678 g/mol. The Hall–Kier alpha value is -3.61. The lowest BCUT2D eigenvalue weighted by molar-refractivity contribution is 0.480. The number of aromatic nitrogens is 5. The molecule has 0 aliphatic heterocycles. The van der Waals surface area contributed by atoms with Crippen molar-refractivity contribution in [2.75, 3.05) is 10.6 Å². The molecule has 0 radical (unpaired) electrons. The van der Waals surface area contributed by atoms with Crippen molar-refractivity contribution in [3.63, 3.8) is 0 Å². The van der Waals surface area contributed by atoms with E-state index in [-0.39, 0.29) is 22.0 Å². The molecule has 0 amide bonds. The Morgan fingerprint density at radius 3 is 2.64 bits per heavy atom. The first-order chi connectivity index (χ1) is 18.9. The number of nitriles is 1. The molecule has 0 aliphatic carbocycles. The molecule has 2 N–H and O–H groups in total. The summed E-state index contributed by atoms with van der Waals surface area (Å²) in [5.41, 5.74) is 2.11. The molecule has 0 saturated carbocycles. The number of hydrogen-bond acceptors (Lipinski definition) is 8. The van der Waals surface area contributed by atoms with E-state index in [4.69, 9.17) is 11.6 Å². The van der Waals surface area contributed by atoms with Gasteiger partial charge in [0.2, 0.25) is 5.95 Å². The zero-order chi connectivity index (χ0) is 27.5. The molecule has 8 nitrogen and oxygen atoms in total. The van der Waals surface area contributed by atoms with Crippen molar-refractivity contribution >= 4 is 69.7 Å². The number of rotatable bonds is 8. The first kappa shape index (κ1) is 27.0. The molecule has 0 saturated heterocycles. The van der Waals surface area contributed by atoms with E-state index >= 15 is 0 Å². The Labute approximate surface area is 241 Å². The average Bonchev–Trinajstić information content (AvgIpc) is 3.39. The van der Waals surface area contributed by atoms with Crippen molar-refractivity contribution in [1.82, 2.24) is 25.0 Å². The highest BCUT2D eigenvalue weighted by atomic mass is 127. The number of hydrogen-bond donors (Lipinski definition) is 2. The molecule has 5 aromatic rings. The number of anilines is 3. The number of pyridine rings is 2. The van der Waals surface area contributed by atoms with Crippen molar-refractivity contribution in [3.05, 3.63) is 100 Å². The molecule has 0 aliphatic rings. The quantitative estimate of drug-likeness (QED) is 0.132. The van der Waals surface area contributed by atoms with Gasteiger partial charge in [-0.3, -0.25) is 4.98 Å². The fourth-order valence-electron chi connectivity index (χ4n) is 3.94. The first-order valence-corrected chi connectivity index (χ1v) is 15.0. The van der Waals surface area contributed by atoms with Crippen LogP contribution in [0.25, 0.3) is 10.9 Å². The number of nitrogens with zero attached hydrogens (tertiary/aromatic N) is 6. The van der Waals surface area contributed by atoms with Gasteiger partial charge in [0.25, 0.3) is 0 Å². The van der Waals surface area contributed by atoms with Crippen LogP contribution in [0.1, 0.15) is 22.9 Å². The van der Waals surface area contributed by atoms with Crippen LogP contribution in [0.4, 0.5) is 30.2 Å². The van der Waals surface area contributed by atoms with Gasteiger partial charge < -0.3 is 10.6 Å². The molecule has 1 atom stereocenters. The highest BCUT2D eigenvalue weighted by molar-refractivity contribution is 14.2. The van der Waals surface area contributed by atoms with Gasteiger partial charge in [0.1, 0.15) is 23.6 Å². The molecule has 39 heavy (non-hydrogen) atoms. The summed E-state index contributed by atoms with van der Waals surface area (Å²) in [4.78, 5) is 7.68. The number of fused-ring (bicyclic) bond motifs is 1. The topological polar surface area (TPSA) is 104 Å². The van der Waals surface area contributed by atoms with Crippen molar-refractivity contribution in [2.45, 2.75) is 11.9 Å². The summed E-state index contributed by atoms with van der Waals surface area (Å²) in [6, 6.07) is 11.8. The molecule has 2 aromatic carbocycles. The molecule has 0 bridgehead atoms. The lowest BCUT2D eigenvalue weighted by atomic mass is 10.0. The van der Waals surface area contributed by atoms with E-state index in [9.17, 15) is 18.4 Å². The third kappa shape index (κ3) is 5.72. The Morgan fingerprint density at radius 2 is 1.90 bits per heavy atom. The van der Waals surface area contributed by atoms with Gasteiger partial charge in [-0.1, -0.05) is 43.9 Å². The van der Waals surface area contributed by atoms with E-state index < -0.39 is 23.6 Å². The SMILES string of the molecule is N#Cc1cnc2c(Cl)cc(N[C@H](c3cn(CSI)nn3)c3ccccc3F)cc2c1Nc1cnc(F)c(F)c1. The maximum Gasteiger partial charge on any atom is 0.249 e. The predicted octanol–water partition coefficient (Wildman–Crippen LogP) is 7.15. The van der Waals surface area contributed by atoms with E-state index in [0.29, 0.717) is 33.7 Å². The van der Waals surface area contributed by atoms with Crippen molar-refractivity contribution in [3.8, 4) is 6.07 Å². The summed E-state index contributed by atoms with van der Waals surface area (Å²) in [7, 11) is 1.52. The van der Waals surface area contributed by atoms with Crippen molar-refractivity contribution in [1.29, 1.82) is 5.26 Å². The minimum atomic E-state index is -1.25. The molecule has 0 unspecified atom stereocenters. The van der Waals surface area contributed by atoms with Crippen LogP contribution in [-0.4, -0.2) is 25.0 Å². The molecule has 3 aromatic heterocycles. The second-order valence-corrected chi connectivity index (χ2v) is 10.9. The standard InChI is InChI=1S/C25H15ClF3IN8S/c26-18-6-14(34-24(16-3-1-2-4-19(16)27)21-11-38(12-39-30)37-36-21)5-17-22(13(8-31)9-32-23(17)18)35-15-7-20(28)25(29)33-10-15/h1-7,9-11,24,34H,12H2,(H,32,35)/t24-/m0/s1.